The monoisotopic (exact) mass is 726 g/mol. The van der Waals surface area contributed by atoms with Crippen LogP contribution in [0.25, 0.3) is 10.9 Å². The summed E-state index contributed by atoms with van der Waals surface area (Å²) < 4.78 is 41.9. The number of nitrogens with one attached hydrogen (secondary N) is 4. The third-order valence-corrected chi connectivity index (χ3v) is 10.2. The van der Waals surface area contributed by atoms with Crippen molar-refractivity contribution >= 4 is 44.5 Å². The Morgan fingerprint density at radius 1 is 1.04 bits per heavy atom. The average Bonchev–Trinajstić information content (AvgIpc) is 3.42. The number of carbonyl (C=O) groups is 3. The third kappa shape index (κ3) is 11.0. The van der Waals surface area contributed by atoms with Crippen LogP contribution >= 0.6 is 0 Å². The molecule has 15 nitrogen and oxygen atoms in total. The molecule has 4 rings (SSSR count). The number of nitrogens with two attached hydrogens (primary N) is 1. The number of fused-ring (bicyclic) bond motifs is 1. The number of carbonyl (C=O) groups excluding carboxylic acids is 3. The minimum absolute atomic E-state index is 0.0211. The first-order chi connectivity index (χ1) is 24.4. The summed E-state index contributed by atoms with van der Waals surface area (Å²) in [5, 5.41) is 14.4. The zero-order valence-corrected chi connectivity index (χ0v) is 30.7. The topological polar surface area (TPSA) is 208 Å². The van der Waals surface area contributed by atoms with Crippen molar-refractivity contribution in [2.45, 2.75) is 69.7 Å². The molecule has 6 N–H and O–H groups in total. The van der Waals surface area contributed by atoms with Gasteiger partial charge < -0.3 is 31.2 Å². The molecule has 51 heavy (non-hydrogen) atoms. The minimum Gasteiger partial charge on any atom is -0.494 e. The summed E-state index contributed by atoms with van der Waals surface area (Å²) in [7, 11) is -1.28. The fraction of sp³-hybridized carbons (Fsp3) is 0.514. The number of hydrogen-bond acceptors (Lipinski definition) is 11. The molecule has 0 bridgehead atoms. The molecular formula is C35H50N8O7S. The predicted octanol–water partition coefficient (Wildman–Crippen LogP) is 1.78. The first kappa shape index (κ1) is 39.2. The molecule has 1 atom stereocenters. The molecule has 2 amide bonds. The van der Waals surface area contributed by atoms with Crippen LogP contribution in [-0.4, -0.2) is 94.3 Å². The summed E-state index contributed by atoms with van der Waals surface area (Å²) in [5.41, 5.74) is 8.22. The molecule has 2 aromatic carbocycles. The van der Waals surface area contributed by atoms with E-state index >= 15 is 0 Å². The number of aryl methyl sites for hydroxylation is 4. The Kier molecular flexibility index (Phi) is 14.3. The summed E-state index contributed by atoms with van der Waals surface area (Å²) in [5.74, 6) is 0.0505. The van der Waals surface area contributed by atoms with Crippen LogP contribution in [0.15, 0.2) is 40.2 Å². The largest absolute Gasteiger partial charge is 0.494 e. The molecule has 1 aromatic heterocycles. The van der Waals surface area contributed by atoms with Crippen molar-refractivity contribution in [2.75, 3.05) is 46.4 Å². The second kappa shape index (κ2) is 18.6. The maximum atomic E-state index is 13.6. The number of hydrogen-bond donors (Lipinski definition) is 5. The molecule has 0 unspecified atom stereocenters. The number of benzene rings is 2. The van der Waals surface area contributed by atoms with Gasteiger partial charge in [0.05, 0.1) is 35.7 Å². The Hall–Kier alpha value is -4.54. The molecule has 1 aliphatic rings. The molecule has 1 aliphatic heterocycles. The zero-order valence-electron chi connectivity index (χ0n) is 29.8. The Balaban J connectivity index is 1.36. The number of amidine groups is 1. The number of aliphatic imine (C=N–C) groups is 1. The summed E-state index contributed by atoms with van der Waals surface area (Å²) >= 11 is 0. The number of methoxy groups -OCH3 is 1. The highest BCUT2D eigenvalue weighted by Gasteiger charge is 2.29. The molecule has 0 fully saturated rings. The van der Waals surface area contributed by atoms with Gasteiger partial charge in [-0.1, -0.05) is 6.07 Å². The maximum Gasteiger partial charge on any atom is 0.325 e. The minimum atomic E-state index is -4.24. The van der Waals surface area contributed by atoms with Crippen molar-refractivity contribution in [3.8, 4) is 5.75 Å². The average molecular weight is 727 g/mol. The van der Waals surface area contributed by atoms with Crippen LogP contribution in [0, 0.1) is 13.8 Å². The summed E-state index contributed by atoms with van der Waals surface area (Å²) in [6.45, 7) is 5.60. The van der Waals surface area contributed by atoms with Gasteiger partial charge in [0.25, 0.3) is 5.91 Å². The highest BCUT2D eigenvalue weighted by atomic mass is 32.2. The van der Waals surface area contributed by atoms with Crippen LogP contribution in [0.1, 0.15) is 65.7 Å². The molecule has 278 valence electrons. The Morgan fingerprint density at radius 3 is 2.49 bits per heavy atom. The van der Waals surface area contributed by atoms with Crippen molar-refractivity contribution in [3.63, 3.8) is 0 Å². The quantitative estimate of drug-likeness (QED) is 0.0948. The van der Waals surface area contributed by atoms with Crippen LogP contribution in [-0.2, 0) is 37.8 Å². The Labute approximate surface area is 299 Å². The first-order valence-corrected chi connectivity index (χ1v) is 18.7. The molecule has 0 spiro atoms. The predicted molar refractivity (Wildman–Crippen MR) is 194 cm³/mol. The lowest BCUT2D eigenvalue weighted by Crippen LogP contribution is -2.49. The van der Waals surface area contributed by atoms with E-state index in [1.807, 2.05) is 13.1 Å². The molecule has 0 radical (unpaired) electrons. The van der Waals surface area contributed by atoms with Crippen LogP contribution in [0.4, 0.5) is 0 Å². The van der Waals surface area contributed by atoms with E-state index in [-0.39, 0.29) is 30.4 Å². The smallest absolute Gasteiger partial charge is 0.325 e. The molecule has 16 heteroatoms. The van der Waals surface area contributed by atoms with E-state index in [0.717, 1.165) is 68.3 Å². The number of ether oxygens (including phenoxy) is 2. The summed E-state index contributed by atoms with van der Waals surface area (Å²) in [6.07, 6.45) is 5.68. The summed E-state index contributed by atoms with van der Waals surface area (Å²) in [4.78, 5) is 42.2. The van der Waals surface area contributed by atoms with E-state index in [0.29, 0.717) is 42.0 Å². The van der Waals surface area contributed by atoms with Gasteiger partial charge in [0, 0.05) is 63.6 Å². The Morgan fingerprint density at radius 2 is 1.80 bits per heavy atom. The maximum absolute atomic E-state index is 13.6. The van der Waals surface area contributed by atoms with E-state index < -0.39 is 27.9 Å². The molecule has 0 saturated heterocycles. The molecule has 0 aliphatic carbocycles. The molecule has 0 saturated carbocycles. The zero-order chi connectivity index (χ0) is 37.0. The molecule has 2 heterocycles. The van der Waals surface area contributed by atoms with Crippen molar-refractivity contribution in [3.05, 3.63) is 52.7 Å². The van der Waals surface area contributed by atoms with E-state index in [1.54, 1.807) is 42.8 Å². The lowest BCUT2D eigenvalue weighted by Gasteiger charge is -2.20. The molecule has 3 aromatic rings. The van der Waals surface area contributed by atoms with Gasteiger partial charge in [-0.3, -0.25) is 24.1 Å². The number of aromatic nitrogens is 2. The van der Waals surface area contributed by atoms with Gasteiger partial charge in [-0.25, -0.2) is 8.42 Å². The lowest BCUT2D eigenvalue weighted by atomic mass is 10.1. The van der Waals surface area contributed by atoms with Crippen molar-refractivity contribution in [2.24, 2.45) is 17.8 Å². The fourth-order valence-electron chi connectivity index (χ4n) is 5.99. The van der Waals surface area contributed by atoms with Crippen LogP contribution in [0.2, 0.25) is 0 Å². The van der Waals surface area contributed by atoms with Crippen molar-refractivity contribution < 1.29 is 32.3 Å². The van der Waals surface area contributed by atoms with Crippen LogP contribution in [0.3, 0.4) is 0 Å². The Bertz CT molecular complexity index is 1820. The number of nitrogens with zero attached hydrogens (tertiary/aromatic N) is 3. The van der Waals surface area contributed by atoms with Gasteiger partial charge in [-0.05, 0) is 81.3 Å². The SMILES string of the molecule is COC(=O)[C@H](CNC(=O)c1ccc2c(CCCNC3=NCCCC3)nn(C)c2c1)NS(=O)(=O)c1c(C)cc(OCCCC(=O)NCCN)cc1C. The van der Waals surface area contributed by atoms with Gasteiger partial charge >= 0.3 is 5.97 Å². The third-order valence-electron chi connectivity index (χ3n) is 8.47. The van der Waals surface area contributed by atoms with Gasteiger partial charge in [0.15, 0.2) is 0 Å². The van der Waals surface area contributed by atoms with Crippen LogP contribution < -0.4 is 31.1 Å². The highest BCUT2D eigenvalue weighted by molar-refractivity contribution is 7.89. The van der Waals surface area contributed by atoms with E-state index in [2.05, 4.69) is 30.8 Å². The summed E-state index contributed by atoms with van der Waals surface area (Å²) in [6, 6.07) is 7.01. The first-order valence-electron chi connectivity index (χ1n) is 17.3. The number of esters is 1. The van der Waals surface area contributed by atoms with Crippen LogP contribution in [0.5, 0.6) is 5.75 Å². The van der Waals surface area contributed by atoms with E-state index in [4.69, 9.17) is 15.2 Å². The second-order valence-electron chi connectivity index (χ2n) is 12.5. The van der Waals surface area contributed by atoms with Gasteiger partial charge in [-0.2, -0.15) is 9.82 Å². The number of sulfonamides is 1. The van der Waals surface area contributed by atoms with Crippen molar-refractivity contribution in [1.82, 2.24) is 30.5 Å². The standard InChI is InChI=1S/C35H50N8O7S/c1-23-19-26(50-18-8-11-32(44)39-17-14-36)20-24(2)33(23)51(47,48)42-29(35(46)49-4)22-40-34(45)25-12-13-27-28(41-43(3)30(27)21-25)9-7-16-38-31-10-5-6-15-37-31/h12-13,19-21,29,42H,5-11,14-18,22,36H2,1-4H3,(H,37,38)(H,39,44)(H,40,45)/t29-/m0/s1. The second-order valence-corrected chi connectivity index (χ2v) is 14.2. The number of rotatable bonds is 18. The van der Waals surface area contributed by atoms with Gasteiger partial charge in [0.1, 0.15) is 11.8 Å². The highest BCUT2D eigenvalue weighted by Crippen LogP contribution is 2.26. The fourth-order valence-corrected chi connectivity index (χ4v) is 7.62. The number of amides is 2. The normalized spacial score (nSPS) is 13.7. The van der Waals surface area contributed by atoms with Crippen molar-refractivity contribution in [1.29, 1.82) is 0 Å². The lowest BCUT2D eigenvalue weighted by molar-refractivity contribution is -0.142. The van der Waals surface area contributed by atoms with E-state index in [9.17, 15) is 22.8 Å². The van der Waals surface area contributed by atoms with E-state index in [1.165, 1.54) is 6.42 Å². The van der Waals surface area contributed by atoms with Gasteiger partial charge in [0.2, 0.25) is 15.9 Å². The van der Waals surface area contributed by atoms with Gasteiger partial charge in [-0.15, -0.1) is 0 Å². The molecular weight excluding hydrogens is 677 g/mol.